The van der Waals surface area contributed by atoms with Crippen LogP contribution in [0.3, 0.4) is 0 Å². The van der Waals surface area contributed by atoms with Crippen LogP contribution in [0.4, 0.5) is 5.95 Å². The molecule has 1 heterocycles. The van der Waals surface area contributed by atoms with E-state index in [4.69, 9.17) is 0 Å². The Bertz CT molecular complexity index is 970. The van der Waals surface area contributed by atoms with Crippen molar-refractivity contribution >= 4 is 23.7 Å². The molecule has 2 aromatic rings. The van der Waals surface area contributed by atoms with Crippen molar-refractivity contribution in [1.82, 2.24) is 25.0 Å². The summed E-state index contributed by atoms with van der Waals surface area (Å²) in [5, 5.41) is 9.45. The second-order valence-corrected chi connectivity index (χ2v) is 8.85. The number of amides is 3. The third kappa shape index (κ3) is 5.93. The van der Waals surface area contributed by atoms with Crippen LogP contribution in [0.15, 0.2) is 30.6 Å². The number of aromatic nitrogens is 3. The highest BCUT2D eigenvalue weighted by atomic mass is 16.2. The molecule has 0 radical (unpaired) electrons. The largest absolute Gasteiger partial charge is 0.347 e. The van der Waals surface area contributed by atoms with E-state index in [9.17, 15) is 14.4 Å². The van der Waals surface area contributed by atoms with Crippen LogP contribution in [-0.2, 0) is 20.9 Å². The molecule has 3 rings (SSSR count). The van der Waals surface area contributed by atoms with Gasteiger partial charge >= 0.3 is 11.8 Å². The van der Waals surface area contributed by atoms with Gasteiger partial charge in [0.2, 0.25) is 11.9 Å². The highest BCUT2D eigenvalue weighted by molar-refractivity contribution is 6.39. The third-order valence-electron chi connectivity index (χ3n) is 6.02. The Morgan fingerprint density at radius 1 is 1.19 bits per heavy atom. The Kier molecular flexibility index (Phi) is 7.61. The second-order valence-electron chi connectivity index (χ2n) is 8.85. The number of rotatable bonds is 6. The molecule has 3 atom stereocenters. The Morgan fingerprint density at radius 2 is 1.94 bits per heavy atom. The van der Waals surface area contributed by atoms with Crippen LogP contribution in [0, 0.1) is 18.8 Å². The molecule has 1 aromatic carbocycles. The number of hydrogen-bond donors (Lipinski definition) is 2. The maximum atomic E-state index is 12.8. The summed E-state index contributed by atoms with van der Waals surface area (Å²) in [6.07, 6.45) is 5.66. The molecule has 0 unspecified atom stereocenters. The van der Waals surface area contributed by atoms with E-state index in [0.29, 0.717) is 5.92 Å². The van der Waals surface area contributed by atoms with E-state index in [1.807, 2.05) is 31.2 Å². The van der Waals surface area contributed by atoms with E-state index in [0.717, 1.165) is 30.4 Å². The third-order valence-corrected chi connectivity index (χ3v) is 6.02. The van der Waals surface area contributed by atoms with E-state index < -0.39 is 11.8 Å². The molecule has 2 N–H and O–H groups in total. The predicted octanol–water partition coefficient (Wildman–Crippen LogP) is 2.30. The van der Waals surface area contributed by atoms with Crippen molar-refractivity contribution in [2.24, 2.45) is 11.8 Å². The normalized spacial score (nSPS) is 19.1. The van der Waals surface area contributed by atoms with Crippen molar-refractivity contribution in [2.75, 3.05) is 19.4 Å². The lowest BCUT2D eigenvalue weighted by Gasteiger charge is -2.34. The average molecular weight is 441 g/mol. The summed E-state index contributed by atoms with van der Waals surface area (Å²) in [5.74, 6) is -0.875. The number of nitrogens with one attached hydrogen (secondary N) is 2. The molecule has 0 spiro atoms. The van der Waals surface area contributed by atoms with Gasteiger partial charge in [-0.15, -0.1) is 5.10 Å². The van der Waals surface area contributed by atoms with E-state index in [2.05, 4.69) is 27.6 Å². The van der Waals surface area contributed by atoms with E-state index in [1.165, 1.54) is 22.3 Å². The van der Waals surface area contributed by atoms with Gasteiger partial charge < -0.3 is 10.2 Å². The van der Waals surface area contributed by atoms with Crippen molar-refractivity contribution in [1.29, 1.82) is 0 Å². The molecule has 0 saturated heterocycles. The van der Waals surface area contributed by atoms with Gasteiger partial charge in [0.1, 0.15) is 12.9 Å². The van der Waals surface area contributed by atoms with Gasteiger partial charge in [-0.25, -0.2) is 9.67 Å². The van der Waals surface area contributed by atoms with Crippen molar-refractivity contribution in [2.45, 2.75) is 52.1 Å². The van der Waals surface area contributed by atoms with E-state index in [1.54, 1.807) is 14.1 Å². The van der Waals surface area contributed by atoms with E-state index in [-0.39, 0.29) is 30.4 Å². The molecule has 172 valence electrons. The second kappa shape index (κ2) is 10.4. The van der Waals surface area contributed by atoms with E-state index >= 15 is 0 Å². The number of hydrogen-bond acceptors (Lipinski definition) is 5. The SMILES string of the molecule is Cc1ccccc1[C@H](NC(=O)C(=O)Nc1ncn(CC(=O)N(C)C)n1)[C@@H]1CCC[C@@H](C)C1. The number of carbonyl (C=O) groups excluding carboxylic acids is 3. The first-order chi connectivity index (χ1) is 15.2. The fraction of sp³-hybridized carbons (Fsp3) is 0.522. The number of aryl methyl sites for hydroxylation is 1. The number of nitrogens with zero attached hydrogens (tertiary/aromatic N) is 4. The fourth-order valence-electron chi connectivity index (χ4n) is 4.24. The quantitative estimate of drug-likeness (QED) is 0.670. The Hall–Kier alpha value is -3.23. The molecule has 1 aromatic heterocycles. The highest BCUT2D eigenvalue weighted by Crippen LogP contribution is 2.38. The predicted molar refractivity (Wildman–Crippen MR) is 121 cm³/mol. The maximum Gasteiger partial charge on any atom is 0.316 e. The summed E-state index contributed by atoms with van der Waals surface area (Å²) >= 11 is 0. The molecule has 1 aliphatic carbocycles. The van der Waals surface area contributed by atoms with Crippen LogP contribution in [0.1, 0.15) is 49.8 Å². The minimum Gasteiger partial charge on any atom is -0.347 e. The van der Waals surface area contributed by atoms with Crippen LogP contribution in [0.25, 0.3) is 0 Å². The lowest BCUT2D eigenvalue weighted by Crippen LogP contribution is -2.41. The van der Waals surface area contributed by atoms with Crippen molar-refractivity contribution in [3.63, 3.8) is 0 Å². The first-order valence-electron chi connectivity index (χ1n) is 11.0. The average Bonchev–Trinajstić information content (AvgIpc) is 3.19. The maximum absolute atomic E-state index is 12.8. The highest BCUT2D eigenvalue weighted by Gasteiger charge is 2.31. The van der Waals surface area contributed by atoms with Crippen LogP contribution >= 0.6 is 0 Å². The lowest BCUT2D eigenvalue weighted by molar-refractivity contribution is -0.137. The number of anilines is 1. The first kappa shape index (κ1) is 23.4. The monoisotopic (exact) mass is 440 g/mol. The molecule has 3 amide bonds. The molecular formula is C23H32N6O3. The van der Waals surface area contributed by atoms with Gasteiger partial charge in [0, 0.05) is 14.1 Å². The minimum atomic E-state index is -0.830. The zero-order valence-corrected chi connectivity index (χ0v) is 19.2. The summed E-state index contributed by atoms with van der Waals surface area (Å²) in [7, 11) is 3.29. The lowest BCUT2D eigenvalue weighted by atomic mass is 9.76. The van der Waals surface area contributed by atoms with Crippen molar-refractivity contribution in [3.8, 4) is 0 Å². The molecule has 1 aliphatic rings. The topological polar surface area (TPSA) is 109 Å². The van der Waals surface area contributed by atoms with Gasteiger partial charge in [0.05, 0.1) is 6.04 Å². The molecule has 9 heteroatoms. The molecule has 1 fully saturated rings. The Balaban J connectivity index is 1.69. The van der Waals surface area contributed by atoms with Crippen LogP contribution in [-0.4, -0.2) is 51.5 Å². The summed E-state index contributed by atoms with van der Waals surface area (Å²) in [6, 6.07) is 7.73. The smallest absolute Gasteiger partial charge is 0.316 e. The molecule has 0 bridgehead atoms. The molecule has 9 nitrogen and oxygen atoms in total. The van der Waals surface area contributed by atoms with Gasteiger partial charge in [0.25, 0.3) is 0 Å². The van der Waals surface area contributed by atoms with Crippen LogP contribution in [0.2, 0.25) is 0 Å². The summed E-state index contributed by atoms with van der Waals surface area (Å²) in [4.78, 5) is 42.6. The van der Waals surface area contributed by atoms with Crippen molar-refractivity contribution in [3.05, 3.63) is 41.7 Å². The summed E-state index contributed by atoms with van der Waals surface area (Å²) in [5.41, 5.74) is 2.12. The van der Waals surface area contributed by atoms with Crippen molar-refractivity contribution < 1.29 is 14.4 Å². The first-order valence-corrected chi connectivity index (χ1v) is 11.0. The standard InChI is InChI=1S/C23H32N6O3/c1-15-8-7-10-17(12-15)20(18-11-6-5-9-16(18)2)25-21(31)22(32)26-23-24-14-29(27-23)13-19(30)28(3)4/h5-6,9,11,14-15,17,20H,7-8,10,12-13H2,1-4H3,(H,25,31)(H,26,27,32)/t15-,17-,20-/m1/s1. The molecule has 0 aliphatic heterocycles. The molecular weight excluding hydrogens is 408 g/mol. The summed E-state index contributed by atoms with van der Waals surface area (Å²) < 4.78 is 1.31. The van der Waals surface area contributed by atoms with Crippen LogP contribution in [0.5, 0.6) is 0 Å². The Labute approximate surface area is 188 Å². The van der Waals surface area contributed by atoms with Gasteiger partial charge in [-0.3, -0.25) is 19.7 Å². The minimum absolute atomic E-state index is 0.00269. The molecule has 1 saturated carbocycles. The van der Waals surface area contributed by atoms with Gasteiger partial charge in [-0.1, -0.05) is 44.0 Å². The number of benzene rings is 1. The van der Waals surface area contributed by atoms with Gasteiger partial charge in [-0.2, -0.15) is 0 Å². The van der Waals surface area contributed by atoms with Crippen LogP contribution < -0.4 is 10.6 Å². The number of carbonyl (C=O) groups is 3. The van der Waals surface area contributed by atoms with Gasteiger partial charge in [0.15, 0.2) is 0 Å². The molecule has 32 heavy (non-hydrogen) atoms. The van der Waals surface area contributed by atoms with Gasteiger partial charge in [-0.05, 0) is 42.7 Å². The number of likely N-dealkylation sites (N-methyl/N-ethyl adjacent to an activating group) is 1. The zero-order valence-electron chi connectivity index (χ0n) is 19.2. The summed E-state index contributed by atoms with van der Waals surface area (Å²) in [6.45, 7) is 4.25. The Morgan fingerprint density at radius 3 is 2.62 bits per heavy atom. The zero-order chi connectivity index (χ0) is 23.3. The fourth-order valence-corrected chi connectivity index (χ4v) is 4.24.